The van der Waals surface area contributed by atoms with E-state index in [0.717, 1.165) is 25.7 Å². The van der Waals surface area contributed by atoms with E-state index in [1.807, 2.05) is 19.1 Å². The van der Waals surface area contributed by atoms with E-state index in [4.69, 9.17) is 0 Å². The Labute approximate surface area is 86.6 Å². The third kappa shape index (κ3) is 9.04. The molecule has 0 bridgehead atoms. The lowest BCUT2D eigenvalue weighted by Gasteiger charge is -1.97. The second-order valence-corrected chi connectivity index (χ2v) is 3.13. The average Bonchev–Trinajstić information content (AvgIpc) is 2.21. The highest BCUT2D eigenvalue weighted by molar-refractivity contribution is 5.68. The fourth-order valence-corrected chi connectivity index (χ4v) is 1.10. The molecule has 0 spiro atoms. The topological polar surface area (TPSA) is 26.3 Å². The van der Waals surface area contributed by atoms with Crippen LogP contribution in [0.2, 0.25) is 0 Å². The zero-order valence-corrected chi connectivity index (χ0v) is 9.16. The van der Waals surface area contributed by atoms with Crippen LogP contribution in [0.25, 0.3) is 0 Å². The van der Waals surface area contributed by atoms with E-state index >= 15 is 0 Å². The SMILES string of the molecule is C/C=C/C=C/CCCCCC(=O)OC. The van der Waals surface area contributed by atoms with Gasteiger partial charge in [0.25, 0.3) is 0 Å². The van der Waals surface area contributed by atoms with Gasteiger partial charge in [-0.2, -0.15) is 0 Å². The maximum atomic E-state index is 10.7. The molecule has 0 saturated carbocycles. The van der Waals surface area contributed by atoms with Gasteiger partial charge in [-0.3, -0.25) is 4.79 Å². The first kappa shape index (κ1) is 12.9. The van der Waals surface area contributed by atoms with E-state index in [-0.39, 0.29) is 5.97 Å². The highest BCUT2D eigenvalue weighted by atomic mass is 16.5. The maximum absolute atomic E-state index is 10.7. The van der Waals surface area contributed by atoms with Crippen molar-refractivity contribution in [2.24, 2.45) is 0 Å². The van der Waals surface area contributed by atoms with Gasteiger partial charge in [0.15, 0.2) is 0 Å². The number of methoxy groups -OCH3 is 1. The molecule has 0 aromatic rings. The second kappa shape index (κ2) is 10.0. The average molecular weight is 196 g/mol. The predicted molar refractivity (Wildman–Crippen MR) is 59.1 cm³/mol. The number of allylic oxidation sites excluding steroid dienone is 4. The van der Waals surface area contributed by atoms with Crippen LogP contribution in [0, 0.1) is 0 Å². The molecule has 80 valence electrons. The van der Waals surface area contributed by atoms with Gasteiger partial charge in [-0.05, 0) is 26.2 Å². The lowest BCUT2D eigenvalue weighted by atomic mass is 10.1. The van der Waals surface area contributed by atoms with Gasteiger partial charge in [0.1, 0.15) is 0 Å². The van der Waals surface area contributed by atoms with Crippen molar-refractivity contribution < 1.29 is 9.53 Å². The monoisotopic (exact) mass is 196 g/mol. The lowest BCUT2D eigenvalue weighted by Crippen LogP contribution is -1.98. The summed E-state index contributed by atoms with van der Waals surface area (Å²) in [4.78, 5) is 10.7. The number of esters is 1. The lowest BCUT2D eigenvalue weighted by molar-refractivity contribution is -0.140. The van der Waals surface area contributed by atoms with Crippen LogP contribution >= 0.6 is 0 Å². The minimum absolute atomic E-state index is 0.102. The van der Waals surface area contributed by atoms with E-state index in [0.29, 0.717) is 6.42 Å². The minimum Gasteiger partial charge on any atom is -0.469 e. The highest BCUT2D eigenvalue weighted by Crippen LogP contribution is 2.04. The summed E-state index contributed by atoms with van der Waals surface area (Å²) >= 11 is 0. The molecule has 0 N–H and O–H groups in total. The van der Waals surface area contributed by atoms with Gasteiger partial charge in [0.05, 0.1) is 7.11 Å². The minimum atomic E-state index is -0.102. The van der Waals surface area contributed by atoms with Crippen LogP contribution in [-0.2, 0) is 9.53 Å². The summed E-state index contributed by atoms with van der Waals surface area (Å²) in [6.45, 7) is 2.00. The molecule has 0 radical (unpaired) electrons. The largest absolute Gasteiger partial charge is 0.469 e. The number of hydrogen-bond acceptors (Lipinski definition) is 2. The molecular weight excluding hydrogens is 176 g/mol. The Kier molecular flexibility index (Phi) is 9.28. The van der Waals surface area contributed by atoms with E-state index in [9.17, 15) is 4.79 Å². The fourth-order valence-electron chi connectivity index (χ4n) is 1.10. The molecule has 0 aliphatic carbocycles. The Bertz CT molecular complexity index is 192. The van der Waals surface area contributed by atoms with Gasteiger partial charge >= 0.3 is 5.97 Å². The Morgan fingerprint density at radius 2 is 2.00 bits per heavy atom. The van der Waals surface area contributed by atoms with Crippen LogP contribution < -0.4 is 0 Å². The molecule has 0 fully saturated rings. The molecule has 0 heterocycles. The normalized spacial score (nSPS) is 11.3. The summed E-state index contributed by atoms with van der Waals surface area (Å²) in [5.41, 5.74) is 0. The first-order valence-electron chi connectivity index (χ1n) is 5.16. The van der Waals surface area contributed by atoms with Crippen LogP contribution in [0.3, 0.4) is 0 Å². The van der Waals surface area contributed by atoms with Gasteiger partial charge < -0.3 is 4.74 Å². The Morgan fingerprint density at radius 3 is 2.64 bits per heavy atom. The molecule has 2 nitrogen and oxygen atoms in total. The Balaban J connectivity index is 3.17. The van der Waals surface area contributed by atoms with Gasteiger partial charge in [0.2, 0.25) is 0 Å². The molecule has 14 heavy (non-hydrogen) atoms. The third-order valence-corrected chi connectivity index (χ3v) is 1.92. The number of hydrogen-bond donors (Lipinski definition) is 0. The molecule has 0 amide bonds. The number of rotatable bonds is 7. The van der Waals surface area contributed by atoms with Gasteiger partial charge in [-0.25, -0.2) is 0 Å². The number of ether oxygens (including phenoxy) is 1. The Hall–Kier alpha value is -1.05. The number of unbranched alkanes of at least 4 members (excludes halogenated alkanes) is 3. The van der Waals surface area contributed by atoms with Crippen LogP contribution in [0.4, 0.5) is 0 Å². The van der Waals surface area contributed by atoms with Crippen molar-refractivity contribution in [2.75, 3.05) is 7.11 Å². The Morgan fingerprint density at radius 1 is 1.21 bits per heavy atom. The van der Waals surface area contributed by atoms with Crippen molar-refractivity contribution >= 4 is 5.97 Å². The quantitative estimate of drug-likeness (QED) is 0.355. The highest BCUT2D eigenvalue weighted by Gasteiger charge is 1.97. The van der Waals surface area contributed by atoms with Crippen LogP contribution in [0.1, 0.15) is 39.0 Å². The van der Waals surface area contributed by atoms with Crippen molar-refractivity contribution in [3.63, 3.8) is 0 Å². The molecule has 0 rings (SSSR count). The molecule has 0 atom stereocenters. The molecule has 0 unspecified atom stereocenters. The summed E-state index contributed by atoms with van der Waals surface area (Å²) in [5.74, 6) is -0.102. The molecule has 0 aliphatic rings. The first-order chi connectivity index (χ1) is 6.81. The molecule has 2 heteroatoms. The van der Waals surface area contributed by atoms with Gasteiger partial charge in [-0.15, -0.1) is 0 Å². The second-order valence-electron chi connectivity index (χ2n) is 3.13. The summed E-state index contributed by atoms with van der Waals surface area (Å²) in [6, 6.07) is 0. The van der Waals surface area contributed by atoms with E-state index in [1.54, 1.807) is 0 Å². The zero-order chi connectivity index (χ0) is 10.6. The summed E-state index contributed by atoms with van der Waals surface area (Å²) < 4.78 is 4.55. The molecule has 0 aliphatic heterocycles. The summed E-state index contributed by atoms with van der Waals surface area (Å²) in [5, 5.41) is 0. The maximum Gasteiger partial charge on any atom is 0.305 e. The summed E-state index contributed by atoms with van der Waals surface area (Å²) in [7, 11) is 1.43. The summed E-state index contributed by atoms with van der Waals surface area (Å²) in [6.07, 6.45) is 13.0. The van der Waals surface area contributed by atoms with E-state index in [1.165, 1.54) is 7.11 Å². The van der Waals surface area contributed by atoms with Crippen molar-refractivity contribution in [1.82, 2.24) is 0 Å². The molecule has 0 aromatic carbocycles. The standard InChI is InChI=1S/C12H20O2/c1-3-4-5-6-7-8-9-10-11-12(13)14-2/h3-6H,7-11H2,1-2H3/b4-3+,6-5+. The number of carbonyl (C=O) groups excluding carboxylic acids is 1. The first-order valence-corrected chi connectivity index (χ1v) is 5.16. The molecular formula is C12H20O2. The molecule has 0 saturated heterocycles. The predicted octanol–water partition coefficient (Wildman–Crippen LogP) is 3.24. The van der Waals surface area contributed by atoms with Crippen LogP contribution in [-0.4, -0.2) is 13.1 Å². The van der Waals surface area contributed by atoms with Gasteiger partial charge in [-0.1, -0.05) is 30.7 Å². The van der Waals surface area contributed by atoms with Crippen molar-refractivity contribution in [3.05, 3.63) is 24.3 Å². The van der Waals surface area contributed by atoms with Crippen molar-refractivity contribution in [3.8, 4) is 0 Å². The van der Waals surface area contributed by atoms with Crippen LogP contribution in [0.5, 0.6) is 0 Å². The van der Waals surface area contributed by atoms with Crippen molar-refractivity contribution in [1.29, 1.82) is 0 Å². The molecule has 0 aromatic heterocycles. The van der Waals surface area contributed by atoms with Gasteiger partial charge in [0, 0.05) is 6.42 Å². The van der Waals surface area contributed by atoms with E-state index < -0.39 is 0 Å². The smallest absolute Gasteiger partial charge is 0.305 e. The fraction of sp³-hybridized carbons (Fsp3) is 0.583. The van der Waals surface area contributed by atoms with Crippen LogP contribution in [0.15, 0.2) is 24.3 Å². The van der Waals surface area contributed by atoms with Crippen molar-refractivity contribution in [2.45, 2.75) is 39.0 Å². The van der Waals surface area contributed by atoms with E-state index in [2.05, 4.69) is 16.9 Å². The number of carbonyl (C=O) groups is 1. The third-order valence-electron chi connectivity index (χ3n) is 1.92. The zero-order valence-electron chi connectivity index (χ0n) is 9.16.